The van der Waals surface area contributed by atoms with E-state index in [0.717, 1.165) is 0 Å². The first kappa shape index (κ1) is 3.94. The van der Waals surface area contributed by atoms with Crippen LogP contribution in [0.25, 0.3) is 0 Å². The van der Waals surface area contributed by atoms with Crippen LogP contribution >= 0.6 is 0 Å². The van der Waals surface area contributed by atoms with Gasteiger partial charge >= 0.3 is 0 Å². The van der Waals surface area contributed by atoms with Gasteiger partial charge in [0.05, 0.1) is 0 Å². The second-order valence-electron chi connectivity index (χ2n) is 3.09. The Kier molecular flexibility index (Phi) is 1.32. The Balaban J connectivity index is 3.75. The minimum absolute atomic E-state index is 0.109. The van der Waals surface area contributed by atoms with Gasteiger partial charge in [0.2, 0.25) is 0 Å². The van der Waals surface area contributed by atoms with Crippen LogP contribution < -0.4 is 0 Å². The average Bonchev–Trinajstić information content (AvgIpc) is 1.14. The van der Waals surface area contributed by atoms with Crippen molar-refractivity contribution < 1.29 is 2.74 Å². The van der Waals surface area contributed by atoms with Crippen molar-refractivity contribution in [1.29, 1.82) is 0 Å². The molecule has 0 heteroatoms. The smallest absolute Gasteiger partial charge is 0.0264 e. The van der Waals surface area contributed by atoms with Gasteiger partial charge in [0.25, 0.3) is 0 Å². The molecule has 44 valence electrons. The van der Waals surface area contributed by atoms with Crippen LogP contribution in [0.1, 0.15) is 43.2 Å². The summed E-state index contributed by atoms with van der Waals surface area (Å²) in [6, 6.07) is 0. The maximum Gasteiger partial charge on any atom is 0.0264 e. The molecule has 0 heterocycles. The fraction of sp³-hybridized carbons (Fsp3) is 1.00. The lowest BCUT2D eigenvalue weighted by Crippen LogP contribution is -2.02. The van der Waals surface area contributed by atoms with Crippen molar-refractivity contribution in [3.63, 3.8) is 0 Å². The van der Waals surface area contributed by atoms with Crippen LogP contribution in [0.15, 0.2) is 0 Å². The monoisotopic (exact) mass is 102 g/mol. The lowest BCUT2D eigenvalue weighted by molar-refractivity contribution is 0.373. The van der Waals surface area contributed by atoms with Gasteiger partial charge in [0.15, 0.2) is 0 Å². The lowest BCUT2D eigenvalue weighted by Gasteiger charge is -2.15. The normalized spacial score (nSPS) is 18.3. The van der Waals surface area contributed by atoms with Crippen molar-refractivity contribution in [1.82, 2.24) is 0 Å². The highest BCUT2D eigenvalue weighted by molar-refractivity contribution is 4.58. The Hall–Kier alpha value is 0. The predicted octanol–water partition coefficient (Wildman–Crippen LogP) is 2.83. The number of hydrogen-bond acceptors (Lipinski definition) is 0. The molecule has 0 nitrogen and oxygen atoms in total. The molecule has 0 aliphatic rings. The topological polar surface area (TPSA) is 0 Å². The summed E-state index contributed by atoms with van der Waals surface area (Å²) in [6.45, 7) is 7.77. The highest BCUT2D eigenvalue weighted by atomic mass is 14.1. The molecule has 0 rings (SSSR count). The van der Waals surface area contributed by atoms with Gasteiger partial charge in [-0.25, -0.2) is 0 Å². The highest BCUT2D eigenvalue weighted by Crippen LogP contribution is 2.19. The standard InChI is InChI=1S/C7H16/c1-5-6-7(2,3)4/h5-6H2,1-4H3/i5D2. The predicted molar refractivity (Wildman–Crippen MR) is 34.4 cm³/mol. The summed E-state index contributed by atoms with van der Waals surface area (Å²) in [7, 11) is 0. The van der Waals surface area contributed by atoms with Crippen molar-refractivity contribution in [2.24, 2.45) is 5.41 Å². The third-order valence-electron chi connectivity index (χ3n) is 0.707. The minimum Gasteiger partial charge on any atom is -0.0654 e. The Morgan fingerprint density at radius 1 is 1.43 bits per heavy atom. The summed E-state index contributed by atoms with van der Waals surface area (Å²) in [5.41, 5.74) is 0.109. The summed E-state index contributed by atoms with van der Waals surface area (Å²) in [5.74, 6) is 0. The Labute approximate surface area is 49.7 Å². The van der Waals surface area contributed by atoms with Crippen LogP contribution in [0.5, 0.6) is 0 Å². The van der Waals surface area contributed by atoms with E-state index in [1.807, 2.05) is 20.8 Å². The summed E-state index contributed by atoms with van der Waals surface area (Å²) in [4.78, 5) is 0. The van der Waals surface area contributed by atoms with E-state index in [0.29, 0.717) is 6.42 Å². The van der Waals surface area contributed by atoms with Gasteiger partial charge in [-0.15, -0.1) is 0 Å². The molecule has 0 aliphatic heterocycles. The first-order valence-electron chi connectivity index (χ1n) is 3.71. The molecule has 0 atom stereocenters. The van der Waals surface area contributed by atoms with E-state index in [1.165, 1.54) is 0 Å². The average molecular weight is 102 g/mol. The molecular weight excluding hydrogens is 84.1 g/mol. The molecule has 0 bridgehead atoms. The zero-order valence-corrected chi connectivity index (χ0v) is 5.71. The largest absolute Gasteiger partial charge is 0.0654 e. The van der Waals surface area contributed by atoms with Crippen LogP contribution in [0.4, 0.5) is 0 Å². The molecule has 7 heavy (non-hydrogen) atoms. The molecule has 0 spiro atoms. The third-order valence-corrected chi connectivity index (χ3v) is 0.707. The molecule has 0 aromatic rings. The molecule has 0 radical (unpaired) electrons. The van der Waals surface area contributed by atoms with E-state index < -0.39 is 6.37 Å². The van der Waals surface area contributed by atoms with E-state index in [4.69, 9.17) is 2.74 Å². The summed E-state index contributed by atoms with van der Waals surface area (Å²) in [5, 5.41) is 0. The van der Waals surface area contributed by atoms with Gasteiger partial charge in [0.1, 0.15) is 0 Å². The first-order chi connectivity index (χ1) is 3.71. The van der Waals surface area contributed by atoms with Gasteiger partial charge < -0.3 is 0 Å². The molecule has 0 unspecified atom stereocenters. The van der Waals surface area contributed by atoms with Crippen molar-refractivity contribution >= 4 is 0 Å². The molecule has 0 aliphatic carbocycles. The van der Waals surface area contributed by atoms with Crippen LogP contribution in [-0.2, 0) is 0 Å². The van der Waals surface area contributed by atoms with Crippen molar-refractivity contribution in [2.75, 3.05) is 0 Å². The van der Waals surface area contributed by atoms with Crippen molar-refractivity contribution in [3.05, 3.63) is 0 Å². The van der Waals surface area contributed by atoms with Gasteiger partial charge in [0, 0.05) is 2.74 Å². The van der Waals surface area contributed by atoms with E-state index in [1.54, 1.807) is 6.92 Å². The second-order valence-corrected chi connectivity index (χ2v) is 3.09. The van der Waals surface area contributed by atoms with Gasteiger partial charge in [-0.3, -0.25) is 0 Å². The zero-order chi connectivity index (χ0) is 7.71. The van der Waals surface area contributed by atoms with Crippen LogP contribution in [0.3, 0.4) is 0 Å². The van der Waals surface area contributed by atoms with E-state index in [9.17, 15) is 0 Å². The van der Waals surface area contributed by atoms with Crippen LogP contribution in [0.2, 0.25) is 0 Å². The first-order valence-corrected chi connectivity index (χ1v) is 2.71. The van der Waals surface area contributed by atoms with E-state index in [2.05, 4.69) is 0 Å². The maximum atomic E-state index is 7.25. The quantitative estimate of drug-likeness (QED) is 0.477. The fourth-order valence-corrected chi connectivity index (χ4v) is 0.530. The Morgan fingerprint density at radius 2 is 1.86 bits per heavy atom. The summed E-state index contributed by atoms with van der Waals surface area (Å²) in [6.07, 6.45) is -0.391. The molecule has 0 aromatic carbocycles. The number of rotatable bonds is 1. The SMILES string of the molecule is [2H]C([2H])(C)CC(C)(C)C. The summed E-state index contributed by atoms with van der Waals surface area (Å²) >= 11 is 0. The molecule has 0 saturated carbocycles. The maximum absolute atomic E-state index is 7.25. The van der Waals surface area contributed by atoms with Gasteiger partial charge in [-0.1, -0.05) is 34.1 Å². The van der Waals surface area contributed by atoms with Crippen molar-refractivity contribution in [2.45, 2.75) is 40.5 Å². The van der Waals surface area contributed by atoms with Gasteiger partial charge in [-0.2, -0.15) is 0 Å². The number of hydrogen-bond donors (Lipinski definition) is 0. The minimum atomic E-state index is -1.02. The zero-order valence-electron chi connectivity index (χ0n) is 7.71. The Bertz CT molecular complexity index is 72.1. The highest BCUT2D eigenvalue weighted by Gasteiger charge is 2.06. The van der Waals surface area contributed by atoms with Crippen LogP contribution in [-0.4, -0.2) is 0 Å². The molecule has 0 N–H and O–H groups in total. The molecule has 0 amide bonds. The van der Waals surface area contributed by atoms with Crippen LogP contribution in [0, 0.1) is 5.41 Å². The van der Waals surface area contributed by atoms with Gasteiger partial charge in [-0.05, 0) is 11.8 Å². The van der Waals surface area contributed by atoms with E-state index in [-0.39, 0.29) is 5.41 Å². The second kappa shape index (κ2) is 2.34. The molecule has 0 aromatic heterocycles. The molecular formula is C7H16. The summed E-state index contributed by atoms with van der Waals surface area (Å²) < 4.78 is 14.5. The van der Waals surface area contributed by atoms with Crippen molar-refractivity contribution in [3.8, 4) is 0 Å². The van der Waals surface area contributed by atoms with E-state index >= 15 is 0 Å². The third kappa shape index (κ3) is 6.00. The lowest BCUT2D eigenvalue weighted by atomic mass is 9.91. The fourth-order valence-electron chi connectivity index (χ4n) is 0.530. The molecule has 0 saturated heterocycles. The molecule has 0 fully saturated rings. The Morgan fingerprint density at radius 3 is 1.86 bits per heavy atom.